The third-order valence-electron chi connectivity index (χ3n) is 5.06. The fraction of sp³-hybridized carbons (Fsp3) is 0.345. The molecule has 1 heterocycles. The van der Waals surface area contributed by atoms with Crippen LogP contribution in [0.1, 0.15) is 40.5 Å². The highest BCUT2D eigenvalue weighted by Crippen LogP contribution is 2.19. The minimum absolute atomic E-state index is 0.296. The van der Waals surface area contributed by atoms with Crippen molar-refractivity contribution in [3.63, 3.8) is 0 Å². The lowest BCUT2D eigenvalue weighted by atomic mass is 9.93. The maximum absolute atomic E-state index is 10.5. The van der Waals surface area contributed by atoms with E-state index in [2.05, 4.69) is 0 Å². The van der Waals surface area contributed by atoms with Crippen molar-refractivity contribution < 1.29 is 19.7 Å². The minimum Gasteiger partial charge on any atom is -0.478 e. The van der Waals surface area contributed by atoms with Gasteiger partial charge in [-0.25, -0.2) is 4.79 Å². The van der Waals surface area contributed by atoms with Crippen molar-refractivity contribution in [2.75, 3.05) is 13.2 Å². The topological polar surface area (TPSA) is 66.8 Å². The van der Waals surface area contributed by atoms with Crippen molar-refractivity contribution in [1.29, 1.82) is 0 Å². The summed E-state index contributed by atoms with van der Waals surface area (Å²) in [6.45, 7) is 9.41. The number of aliphatic carboxylic acids is 1. The predicted octanol–water partition coefficient (Wildman–Crippen LogP) is 6.42. The summed E-state index contributed by atoms with van der Waals surface area (Å²) in [7, 11) is 0. The maximum Gasteiger partial charge on any atom is 0.328 e. The summed E-state index contributed by atoms with van der Waals surface area (Å²) in [6.07, 6.45) is 27.8. The largest absolute Gasteiger partial charge is 0.478 e. The zero-order chi connectivity index (χ0) is 24.5. The molecule has 0 saturated carbocycles. The van der Waals surface area contributed by atoms with Crippen LogP contribution in [0.3, 0.4) is 0 Å². The Morgan fingerprint density at radius 2 is 1.18 bits per heavy atom. The second-order valence-corrected chi connectivity index (χ2v) is 8.22. The van der Waals surface area contributed by atoms with E-state index in [1.54, 1.807) is 6.08 Å². The molecule has 0 bridgehead atoms. The van der Waals surface area contributed by atoms with Gasteiger partial charge >= 0.3 is 5.97 Å². The number of aliphatic hydroxyl groups is 1. The highest BCUT2D eigenvalue weighted by atomic mass is 16.5. The molecule has 1 saturated heterocycles. The average molecular weight is 451 g/mol. The Kier molecular flexibility index (Phi) is 14.2. The lowest BCUT2D eigenvalue weighted by molar-refractivity contribution is -0.131. The first-order valence-electron chi connectivity index (χ1n) is 11.3. The van der Waals surface area contributed by atoms with Gasteiger partial charge < -0.3 is 14.9 Å². The third-order valence-corrected chi connectivity index (χ3v) is 5.06. The molecular weight excluding hydrogens is 412 g/mol. The first-order chi connectivity index (χ1) is 15.8. The fourth-order valence-corrected chi connectivity index (χ4v) is 3.01. The summed E-state index contributed by atoms with van der Waals surface area (Å²) in [6, 6.07) is 0. The fourth-order valence-electron chi connectivity index (χ4n) is 3.01. The summed E-state index contributed by atoms with van der Waals surface area (Å²) in [5.41, 5.74) is 4.19. The molecule has 0 spiro atoms. The Balaban J connectivity index is 2.50. The van der Waals surface area contributed by atoms with E-state index in [1.807, 2.05) is 101 Å². The van der Waals surface area contributed by atoms with Crippen LogP contribution in [-0.2, 0) is 9.53 Å². The Bertz CT molecular complexity index is 883. The van der Waals surface area contributed by atoms with Crippen LogP contribution < -0.4 is 0 Å². The summed E-state index contributed by atoms with van der Waals surface area (Å²) >= 11 is 0. The van der Waals surface area contributed by atoms with Gasteiger partial charge in [-0.2, -0.15) is 0 Å². The molecule has 33 heavy (non-hydrogen) atoms. The predicted molar refractivity (Wildman–Crippen MR) is 138 cm³/mol. The van der Waals surface area contributed by atoms with Crippen LogP contribution in [-0.4, -0.2) is 35.5 Å². The van der Waals surface area contributed by atoms with E-state index in [9.17, 15) is 9.90 Å². The molecule has 1 aliphatic heterocycles. The lowest BCUT2D eigenvalue weighted by Gasteiger charge is -2.24. The number of hydrogen-bond acceptors (Lipinski definition) is 3. The van der Waals surface area contributed by atoms with Gasteiger partial charge in [-0.3, -0.25) is 0 Å². The number of rotatable bonds is 11. The Morgan fingerprint density at radius 1 is 0.727 bits per heavy atom. The quantitative estimate of drug-likeness (QED) is 0.281. The summed E-state index contributed by atoms with van der Waals surface area (Å²) in [5.74, 6) is -0.653. The molecule has 0 aliphatic carbocycles. The molecule has 0 radical (unpaired) electrons. The number of carboxylic acids is 1. The summed E-state index contributed by atoms with van der Waals surface area (Å²) in [4.78, 5) is 10.5. The van der Waals surface area contributed by atoms with E-state index in [0.29, 0.717) is 5.92 Å². The van der Waals surface area contributed by atoms with Crippen molar-refractivity contribution in [3.8, 4) is 0 Å². The second-order valence-electron chi connectivity index (χ2n) is 8.22. The van der Waals surface area contributed by atoms with Crippen molar-refractivity contribution in [2.45, 2.75) is 46.6 Å². The molecule has 0 amide bonds. The van der Waals surface area contributed by atoms with E-state index in [-0.39, 0.29) is 0 Å². The number of hydrogen-bond donors (Lipinski definition) is 2. The lowest BCUT2D eigenvalue weighted by Crippen LogP contribution is -2.25. The zero-order valence-electron chi connectivity index (χ0n) is 20.3. The maximum atomic E-state index is 10.5. The zero-order valence-corrected chi connectivity index (χ0v) is 20.3. The first kappa shape index (κ1) is 28.1. The molecule has 0 aromatic heterocycles. The van der Waals surface area contributed by atoms with E-state index < -0.39 is 12.1 Å². The Labute approximate surface area is 199 Å². The van der Waals surface area contributed by atoms with Crippen molar-refractivity contribution >= 4 is 5.97 Å². The van der Waals surface area contributed by atoms with Crippen LogP contribution >= 0.6 is 0 Å². The van der Waals surface area contributed by atoms with Gasteiger partial charge in [0.15, 0.2) is 0 Å². The summed E-state index contributed by atoms with van der Waals surface area (Å²) in [5, 5.41) is 18.9. The molecule has 1 aliphatic rings. The smallest absolute Gasteiger partial charge is 0.328 e. The number of ether oxygens (including phenoxy) is 1. The van der Waals surface area contributed by atoms with Gasteiger partial charge in [-0.15, -0.1) is 0 Å². The van der Waals surface area contributed by atoms with Crippen molar-refractivity contribution in [2.24, 2.45) is 5.92 Å². The monoisotopic (exact) mass is 450 g/mol. The van der Waals surface area contributed by atoms with Crippen LogP contribution in [0.15, 0.2) is 107 Å². The van der Waals surface area contributed by atoms with Gasteiger partial charge in [-0.1, -0.05) is 101 Å². The van der Waals surface area contributed by atoms with Gasteiger partial charge in [0.1, 0.15) is 0 Å². The number of aliphatic hydroxyl groups excluding tert-OH is 1. The standard InChI is InChI=1S/C29H38O4/c1-23(9-5-6-10-24(2)12-8-14-26(4)16-18-29(31)32)11-7-13-25(3)15-17-28(30)27-19-21-33-22-20-27/h5-18,27-28,30H,19-22H2,1-4H3,(H,31,32)/b6-5+,11-7+,12-8+,17-15+,18-16+,23-9+,24-10+,25-13+,26-14-. The van der Waals surface area contributed by atoms with Gasteiger partial charge in [0.05, 0.1) is 6.10 Å². The van der Waals surface area contributed by atoms with Crippen molar-refractivity contribution in [1.82, 2.24) is 0 Å². The molecule has 1 rings (SSSR count). The second kappa shape index (κ2) is 16.7. The molecular formula is C29H38O4. The van der Waals surface area contributed by atoms with Crippen LogP contribution in [0.5, 0.6) is 0 Å². The van der Waals surface area contributed by atoms with Crippen LogP contribution in [0.4, 0.5) is 0 Å². The molecule has 1 unspecified atom stereocenters. The Hall–Kier alpha value is -2.95. The average Bonchev–Trinajstić information content (AvgIpc) is 2.79. The van der Waals surface area contributed by atoms with Crippen LogP contribution in [0.2, 0.25) is 0 Å². The molecule has 1 fully saturated rings. The molecule has 1 atom stereocenters. The highest BCUT2D eigenvalue weighted by molar-refractivity contribution is 5.80. The van der Waals surface area contributed by atoms with Crippen LogP contribution in [0.25, 0.3) is 0 Å². The molecule has 178 valence electrons. The number of carbonyl (C=O) groups is 1. The minimum atomic E-state index is -0.949. The van der Waals surface area contributed by atoms with Gasteiger partial charge in [0.2, 0.25) is 0 Å². The molecule has 2 N–H and O–H groups in total. The molecule has 4 nitrogen and oxygen atoms in total. The molecule has 0 aromatic rings. The first-order valence-corrected chi connectivity index (χ1v) is 11.3. The summed E-state index contributed by atoms with van der Waals surface area (Å²) < 4.78 is 5.34. The van der Waals surface area contributed by atoms with Crippen molar-refractivity contribution in [3.05, 3.63) is 107 Å². The molecule has 4 heteroatoms. The highest BCUT2D eigenvalue weighted by Gasteiger charge is 2.19. The van der Waals surface area contributed by atoms with E-state index in [1.165, 1.54) is 0 Å². The number of allylic oxidation sites excluding steroid dienone is 16. The van der Waals surface area contributed by atoms with Gasteiger partial charge in [0.25, 0.3) is 0 Å². The SMILES string of the molecule is CC(=C/C=C/C(C)=C/C=C/C=C(C)/C=C/C=C(C)/C=C/C(O)C1CCOCC1)/C=C/C(=O)O. The van der Waals surface area contributed by atoms with E-state index >= 15 is 0 Å². The van der Waals surface area contributed by atoms with Gasteiger partial charge in [0, 0.05) is 19.3 Å². The molecule has 0 aromatic carbocycles. The normalized spacial score (nSPS) is 19.2. The van der Waals surface area contributed by atoms with E-state index in [4.69, 9.17) is 9.84 Å². The number of carboxylic acid groups (broad SMARTS) is 1. The van der Waals surface area contributed by atoms with Crippen LogP contribution in [0, 0.1) is 5.92 Å². The van der Waals surface area contributed by atoms with E-state index in [0.717, 1.165) is 54.4 Å². The Morgan fingerprint density at radius 3 is 1.70 bits per heavy atom. The third kappa shape index (κ3) is 14.7. The van der Waals surface area contributed by atoms with Gasteiger partial charge in [-0.05, 0) is 46.5 Å².